The van der Waals surface area contributed by atoms with Gasteiger partial charge in [0.25, 0.3) is 0 Å². The Morgan fingerprint density at radius 3 is 2.47 bits per heavy atom. The first-order valence-electron chi connectivity index (χ1n) is 6.71. The summed E-state index contributed by atoms with van der Waals surface area (Å²) >= 11 is 0. The Labute approximate surface area is 115 Å². The number of hydrogen-bond donors (Lipinski definition) is 2. The van der Waals surface area contributed by atoms with Gasteiger partial charge >= 0.3 is 0 Å². The molecule has 0 saturated heterocycles. The largest absolute Gasteiger partial charge is 0.388 e. The van der Waals surface area contributed by atoms with Crippen molar-refractivity contribution >= 4 is 5.69 Å². The lowest BCUT2D eigenvalue weighted by Gasteiger charge is -2.15. The van der Waals surface area contributed by atoms with Gasteiger partial charge < -0.3 is 10.4 Å². The second-order valence-electron chi connectivity index (χ2n) is 4.96. The van der Waals surface area contributed by atoms with Crippen molar-refractivity contribution in [3.63, 3.8) is 0 Å². The first-order valence-corrected chi connectivity index (χ1v) is 6.71. The number of nitrogens with one attached hydrogen (secondary N) is 1. The van der Waals surface area contributed by atoms with E-state index < -0.39 is 6.10 Å². The number of anilines is 1. The molecule has 2 rings (SSSR count). The molecule has 0 aliphatic carbocycles. The van der Waals surface area contributed by atoms with Gasteiger partial charge in [-0.25, -0.2) is 0 Å². The van der Waals surface area contributed by atoms with Crippen LogP contribution in [0.25, 0.3) is 0 Å². The predicted molar refractivity (Wildman–Crippen MR) is 80.4 cm³/mol. The smallest absolute Gasteiger partial charge is 0.0809 e. The molecule has 19 heavy (non-hydrogen) atoms. The van der Waals surface area contributed by atoms with Gasteiger partial charge in [0.05, 0.1) is 6.10 Å². The molecule has 1 unspecified atom stereocenters. The van der Waals surface area contributed by atoms with Crippen molar-refractivity contribution in [1.29, 1.82) is 0 Å². The molecular formula is C17H21NO. The predicted octanol–water partition coefficient (Wildman–Crippen LogP) is 3.84. The fraction of sp³-hybridized carbons (Fsp3) is 0.294. The van der Waals surface area contributed by atoms with Crippen LogP contribution in [0.5, 0.6) is 0 Å². The molecule has 0 aliphatic heterocycles. The van der Waals surface area contributed by atoms with Crippen LogP contribution in [0, 0.1) is 13.8 Å². The summed E-state index contributed by atoms with van der Waals surface area (Å²) in [7, 11) is 0. The van der Waals surface area contributed by atoms with E-state index in [1.807, 2.05) is 36.4 Å². The maximum absolute atomic E-state index is 10.2. The van der Waals surface area contributed by atoms with Gasteiger partial charge in [0.2, 0.25) is 0 Å². The van der Waals surface area contributed by atoms with Gasteiger partial charge in [0, 0.05) is 12.2 Å². The van der Waals surface area contributed by atoms with Crippen LogP contribution in [0.15, 0.2) is 48.5 Å². The Balaban J connectivity index is 1.89. The Morgan fingerprint density at radius 1 is 1.05 bits per heavy atom. The van der Waals surface area contributed by atoms with Gasteiger partial charge in [0.15, 0.2) is 0 Å². The SMILES string of the molecule is Cc1ccc(C(O)CCNc2ccccc2)c(C)c1. The Kier molecular flexibility index (Phi) is 4.58. The maximum atomic E-state index is 10.2. The average Bonchev–Trinajstić information content (AvgIpc) is 2.39. The van der Waals surface area contributed by atoms with Crippen LogP contribution >= 0.6 is 0 Å². The average molecular weight is 255 g/mol. The summed E-state index contributed by atoms with van der Waals surface area (Å²) < 4.78 is 0. The molecule has 0 bridgehead atoms. The molecule has 0 fully saturated rings. The van der Waals surface area contributed by atoms with Gasteiger partial charge in [0.1, 0.15) is 0 Å². The maximum Gasteiger partial charge on any atom is 0.0809 e. The van der Waals surface area contributed by atoms with Crippen LogP contribution in [0.3, 0.4) is 0 Å². The minimum absolute atomic E-state index is 0.406. The third-order valence-corrected chi connectivity index (χ3v) is 3.30. The highest BCUT2D eigenvalue weighted by molar-refractivity contribution is 5.42. The molecule has 0 aliphatic rings. The minimum atomic E-state index is -0.406. The van der Waals surface area contributed by atoms with Gasteiger partial charge in [-0.15, -0.1) is 0 Å². The third-order valence-electron chi connectivity index (χ3n) is 3.30. The van der Waals surface area contributed by atoms with E-state index in [4.69, 9.17) is 0 Å². The summed E-state index contributed by atoms with van der Waals surface area (Å²) in [6.45, 7) is 4.88. The van der Waals surface area contributed by atoms with E-state index in [2.05, 4.69) is 31.3 Å². The standard InChI is InChI=1S/C17H21NO/c1-13-8-9-16(14(2)12-13)17(19)10-11-18-15-6-4-3-5-7-15/h3-9,12,17-19H,10-11H2,1-2H3. The number of aliphatic hydroxyl groups is 1. The van der Waals surface area contributed by atoms with E-state index in [9.17, 15) is 5.11 Å². The normalized spacial score (nSPS) is 12.2. The van der Waals surface area contributed by atoms with E-state index in [1.165, 1.54) is 5.56 Å². The topological polar surface area (TPSA) is 32.3 Å². The Morgan fingerprint density at radius 2 is 1.79 bits per heavy atom. The molecule has 100 valence electrons. The molecule has 0 radical (unpaired) electrons. The number of benzene rings is 2. The zero-order chi connectivity index (χ0) is 13.7. The molecule has 2 nitrogen and oxygen atoms in total. The zero-order valence-electron chi connectivity index (χ0n) is 11.6. The Hall–Kier alpha value is -1.80. The van der Waals surface area contributed by atoms with Crippen LogP contribution in [0.2, 0.25) is 0 Å². The first kappa shape index (κ1) is 13.6. The van der Waals surface area contributed by atoms with Gasteiger partial charge in [-0.2, -0.15) is 0 Å². The summed E-state index contributed by atoms with van der Waals surface area (Å²) in [4.78, 5) is 0. The summed E-state index contributed by atoms with van der Waals surface area (Å²) in [6, 6.07) is 16.3. The second-order valence-corrected chi connectivity index (χ2v) is 4.96. The van der Waals surface area contributed by atoms with Crippen molar-refractivity contribution in [2.24, 2.45) is 0 Å². The fourth-order valence-corrected chi connectivity index (χ4v) is 2.26. The molecule has 2 heteroatoms. The molecule has 2 aromatic rings. The number of rotatable bonds is 5. The fourth-order valence-electron chi connectivity index (χ4n) is 2.26. The van der Waals surface area contributed by atoms with Crippen molar-refractivity contribution < 1.29 is 5.11 Å². The summed E-state index contributed by atoms with van der Waals surface area (Å²) in [5.74, 6) is 0. The second kappa shape index (κ2) is 6.39. The van der Waals surface area contributed by atoms with Gasteiger partial charge in [-0.05, 0) is 43.5 Å². The van der Waals surface area contributed by atoms with Crippen molar-refractivity contribution in [2.45, 2.75) is 26.4 Å². The molecule has 1 atom stereocenters. The number of aliphatic hydroxyl groups excluding tert-OH is 1. The van der Waals surface area contributed by atoms with Crippen molar-refractivity contribution in [1.82, 2.24) is 0 Å². The van der Waals surface area contributed by atoms with Gasteiger partial charge in [-0.1, -0.05) is 42.0 Å². The molecule has 2 aromatic carbocycles. The lowest BCUT2D eigenvalue weighted by Crippen LogP contribution is -2.08. The first-order chi connectivity index (χ1) is 9.16. The highest BCUT2D eigenvalue weighted by atomic mass is 16.3. The van der Waals surface area contributed by atoms with Crippen molar-refractivity contribution in [3.05, 3.63) is 65.2 Å². The summed E-state index contributed by atoms with van der Waals surface area (Å²) in [5.41, 5.74) is 4.51. The van der Waals surface area contributed by atoms with Crippen LogP contribution in [0.1, 0.15) is 29.2 Å². The van der Waals surface area contributed by atoms with Crippen LogP contribution in [-0.2, 0) is 0 Å². The minimum Gasteiger partial charge on any atom is -0.388 e. The molecule has 2 N–H and O–H groups in total. The van der Waals surface area contributed by atoms with E-state index in [0.717, 1.165) is 23.4 Å². The van der Waals surface area contributed by atoms with Gasteiger partial charge in [-0.3, -0.25) is 0 Å². The quantitative estimate of drug-likeness (QED) is 0.850. The van der Waals surface area contributed by atoms with Crippen LogP contribution in [0.4, 0.5) is 5.69 Å². The highest BCUT2D eigenvalue weighted by Gasteiger charge is 2.09. The summed E-state index contributed by atoms with van der Waals surface area (Å²) in [6.07, 6.45) is 0.301. The lowest BCUT2D eigenvalue weighted by atomic mass is 9.99. The van der Waals surface area contributed by atoms with Crippen LogP contribution in [-0.4, -0.2) is 11.7 Å². The zero-order valence-corrected chi connectivity index (χ0v) is 11.6. The monoisotopic (exact) mass is 255 g/mol. The van der Waals surface area contributed by atoms with E-state index in [0.29, 0.717) is 6.42 Å². The van der Waals surface area contributed by atoms with Crippen LogP contribution < -0.4 is 5.32 Å². The molecule has 0 amide bonds. The lowest BCUT2D eigenvalue weighted by molar-refractivity contribution is 0.171. The number of para-hydroxylation sites is 1. The van der Waals surface area contributed by atoms with Crippen molar-refractivity contribution in [3.8, 4) is 0 Å². The Bertz CT molecular complexity index is 522. The summed E-state index contributed by atoms with van der Waals surface area (Å²) in [5, 5.41) is 13.5. The molecule has 0 heterocycles. The van der Waals surface area contributed by atoms with E-state index in [-0.39, 0.29) is 0 Å². The molecule has 0 saturated carbocycles. The molecule has 0 aromatic heterocycles. The van der Waals surface area contributed by atoms with E-state index in [1.54, 1.807) is 0 Å². The van der Waals surface area contributed by atoms with E-state index >= 15 is 0 Å². The molecule has 0 spiro atoms. The number of aryl methyl sites for hydroxylation is 2. The third kappa shape index (κ3) is 3.83. The van der Waals surface area contributed by atoms with Crippen molar-refractivity contribution in [2.75, 3.05) is 11.9 Å². The molecular weight excluding hydrogens is 234 g/mol. The number of hydrogen-bond acceptors (Lipinski definition) is 2. The highest BCUT2D eigenvalue weighted by Crippen LogP contribution is 2.21.